The number of carbonyl (C=O) groups is 2. The molecular weight excluding hydrogens is 270 g/mol. The Labute approximate surface area is 126 Å². The number of nitrogens with two attached hydrogens (primary N) is 1. The van der Waals surface area contributed by atoms with Gasteiger partial charge in [0.1, 0.15) is 6.10 Å². The van der Waals surface area contributed by atoms with Gasteiger partial charge in [0.15, 0.2) is 0 Å². The van der Waals surface area contributed by atoms with Crippen LogP contribution >= 0.6 is 0 Å². The Morgan fingerprint density at radius 2 is 1.81 bits per heavy atom. The van der Waals surface area contributed by atoms with Crippen molar-refractivity contribution in [3.8, 4) is 0 Å². The molecule has 0 spiro atoms. The zero-order valence-electron chi connectivity index (χ0n) is 13.1. The van der Waals surface area contributed by atoms with Crippen molar-refractivity contribution in [2.75, 3.05) is 32.8 Å². The fraction of sp³-hybridized carbons (Fsp3) is 0.867. The van der Waals surface area contributed by atoms with Crippen LogP contribution in [0, 0.1) is 5.92 Å². The summed E-state index contributed by atoms with van der Waals surface area (Å²) in [6.07, 6.45) is 2.21. The Balaban J connectivity index is 1.79. The van der Waals surface area contributed by atoms with Crippen LogP contribution < -0.4 is 5.73 Å². The molecule has 6 heteroatoms. The van der Waals surface area contributed by atoms with Crippen molar-refractivity contribution in [3.63, 3.8) is 0 Å². The van der Waals surface area contributed by atoms with E-state index in [0.29, 0.717) is 45.1 Å². The lowest BCUT2D eigenvalue weighted by Crippen LogP contribution is -2.55. The quantitative estimate of drug-likeness (QED) is 0.805. The summed E-state index contributed by atoms with van der Waals surface area (Å²) in [5.74, 6) is 0.491. The third kappa shape index (κ3) is 4.17. The van der Waals surface area contributed by atoms with Gasteiger partial charge < -0.3 is 20.3 Å². The third-order valence-electron chi connectivity index (χ3n) is 4.15. The van der Waals surface area contributed by atoms with Gasteiger partial charge in [-0.1, -0.05) is 13.8 Å². The first-order valence-electron chi connectivity index (χ1n) is 7.93. The molecule has 0 aromatic carbocycles. The van der Waals surface area contributed by atoms with E-state index in [1.54, 1.807) is 4.90 Å². The Bertz CT molecular complexity index is 372. The predicted octanol–water partition coefficient (Wildman–Crippen LogP) is 0.210. The molecular formula is C15H27N3O3. The van der Waals surface area contributed by atoms with Crippen LogP contribution in [0.2, 0.25) is 0 Å². The lowest BCUT2D eigenvalue weighted by atomic mass is 10.0. The molecule has 2 fully saturated rings. The second-order valence-electron chi connectivity index (χ2n) is 6.39. The maximum Gasteiger partial charge on any atom is 0.251 e. The van der Waals surface area contributed by atoms with Gasteiger partial charge in [-0.2, -0.15) is 0 Å². The highest BCUT2D eigenvalue weighted by Gasteiger charge is 2.32. The number of hydrogen-bond donors (Lipinski definition) is 1. The normalized spacial score (nSPS) is 24.5. The van der Waals surface area contributed by atoms with Gasteiger partial charge >= 0.3 is 0 Å². The summed E-state index contributed by atoms with van der Waals surface area (Å²) in [7, 11) is 0. The fourth-order valence-electron chi connectivity index (χ4n) is 2.97. The number of rotatable bonds is 4. The molecule has 0 bridgehead atoms. The number of hydrogen-bond acceptors (Lipinski definition) is 4. The number of carbonyl (C=O) groups excluding carboxylic acids is 2. The molecule has 0 aromatic heterocycles. The summed E-state index contributed by atoms with van der Waals surface area (Å²) in [4.78, 5) is 28.1. The molecule has 2 saturated heterocycles. The van der Waals surface area contributed by atoms with Crippen molar-refractivity contribution in [1.29, 1.82) is 0 Å². The number of amides is 2. The van der Waals surface area contributed by atoms with Crippen LogP contribution in [-0.4, -0.2) is 66.5 Å². The SMILES string of the molecule is CC(C)C[C@@H](N)C(=O)N1CCN(C(=O)C2CCCO2)CC1. The molecule has 2 rings (SSSR count). The van der Waals surface area contributed by atoms with Gasteiger partial charge in [-0.25, -0.2) is 0 Å². The summed E-state index contributed by atoms with van der Waals surface area (Å²) in [6.45, 7) is 7.11. The first-order valence-corrected chi connectivity index (χ1v) is 7.93. The number of ether oxygens (including phenoxy) is 1. The van der Waals surface area contributed by atoms with Crippen LogP contribution in [0.4, 0.5) is 0 Å². The predicted molar refractivity (Wildman–Crippen MR) is 79.6 cm³/mol. The molecule has 2 aliphatic heterocycles. The summed E-state index contributed by atoms with van der Waals surface area (Å²) in [5.41, 5.74) is 5.95. The largest absolute Gasteiger partial charge is 0.368 e. The van der Waals surface area contributed by atoms with Gasteiger partial charge in [0.25, 0.3) is 5.91 Å². The van der Waals surface area contributed by atoms with Crippen molar-refractivity contribution in [3.05, 3.63) is 0 Å². The highest BCUT2D eigenvalue weighted by atomic mass is 16.5. The Kier molecular flexibility index (Phi) is 5.58. The average molecular weight is 297 g/mol. The maximum absolute atomic E-state index is 12.2. The van der Waals surface area contributed by atoms with Crippen molar-refractivity contribution in [2.45, 2.75) is 45.3 Å². The molecule has 0 radical (unpaired) electrons. The minimum absolute atomic E-state index is 0.00733. The van der Waals surface area contributed by atoms with E-state index in [4.69, 9.17) is 10.5 Å². The van der Waals surface area contributed by atoms with Crippen LogP contribution in [0.3, 0.4) is 0 Å². The molecule has 1 unspecified atom stereocenters. The first kappa shape index (κ1) is 16.2. The van der Waals surface area contributed by atoms with E-state index < -0.39 is 6.04 Å². The molecule has 21 heavy (non-hydrogen) atoms. The Morgan fingerprint density at radius 3 is 2.33 bits per heavy atom. The lowest BCUT2D eigenvalue weighted by molar-refractivity contribution is -0.146. The van der Waals surface area contributed by atoms with Gasteiger partial charge in [0.2, 0.25) is 5.91 Å². The van der Waals surface area contributed by atoms with Crippen molar-refractivity contribution >= 4 is 11.8 Å². The highest BCUT2D eigenvalue weighted by Crippen LogP contribution is 2.16. The van der Waals surface area contributed by atoms with Crippen LogP contribution in [0.15, 0.2) is 0 Å². The lowest BCUT2D eigenvalue weighted by Gasteiger charge is -2.36. The molecule has 0 aliphatic carbocycles. The molecule has 120 valence electrons. The van der Waals surface area contributed by atoms with Crippen molar-refractivity contribution < 1.29 is 14.3 Å². The smallest absolute Gasteiger partial charge is 0.251 e. The van der Waals surface area contributed by atoms with E-state index in [2.05, 4.69) is 13.8 Å². The second kappa shape index (κ2) is 7.22. The van der Waals surface area contributed by atoms with Gasteiger partial charge in [0.05, 0.1) is 6.04 Å². The highest BCUT2D eigenvalue weighted by molar-refractivity contribution is 5.83. The Hall–Kier alpha value is -1.14. The Morgan fingerprint density at radius 1 is 1.19 bits per heavy atom. The standard InChI is InChI=1S/C15H27N3O3/c1-11(2)10-12(16)14(19)17-5-7-18(8-6-17)15(20)13-4-3-9-21-13/h11-13H,3-10,16H2,1-2H3/t12-,13?/m1/s1. The monoisotopic (exact) mass is 297 g/mol. The summed E-state index contributed by atoms with van der Waals surface area (Å²) >= 11 is 0. The third-order valence-corrected chi connectivity index (χ3v) is 4.15. The van der Waals surface area contributed by atoms with Gasteiger partial charge in [-0.15, -0.1) is 0 Å². The molecule has 2 aliphatic rings. The summed E-state index contributed by atoms with van der Waals surface area (Å²) in [6, 6.07) is -0.426. The van der Waals surface area contributed by atoms with Crippen molar-refractivity contribution in [1.82, 2.24) is 9.80 Å². The molecule has 6 nitrogen and oxygen atoms in total. The minimum atomic E-state index is -0.426. The van der Waals surface area contributed by atoms with E-state index in [9.17, 15) is 9.59 Å². The average Bonchev–Trinajstić information content (AvgIpc) is 2.99. The molecule has 2 heterocycles. The topological polar surface area (TPSA) is 75.9 Å². The molecule has 2 N–H and O–H groups in total. The number of piperazine rings is 1. The molecule has 0 aromatic rings. The van der Waals surface area contributed by atoms with Crippen LogP contribution in [-0.2, 0) is 14.3 Å². The number of nitrogens with zero attached hydrogens (tertiary/aromatic N) is 2. The second-order valence-corrected chi connectivity index (χ2v) is 6.39. The summed E-state index contributed by atoms with van der Waals surface area (Å²) in [5, 5.41) is 0. The van der Waals surface area contributed by atoms with E-state index >= 15 is 0 Å². The van der Waals surface area contributed by atoms with Crippen LogP contribution in [0.25, 0.3) is 0 Å². The van der Waals surface area contributed by atoms with E-state index in [-0.39, 0.29) is 17.9 Å². The van der Waals surface area contributed by atoms with E-state index in [1.165, 1.54) is 0 Å². The minimum Gasteiger partial charge on any atom is -0.368 e. The van der Waals surface area contributed by atoms with Crippen molar-refractivity contribution in [2.24, 2.45) is 11.7 Å². The van der Waals surface area contributed by atoms with Crippen LogP contribution in [0.5, 0.6) is 0 Å². The van der Waals surface area contributed by atoms with Crippen LogP contribution in [0.1, 0.15) is 33.1 Å². The molecule has 2 amide bonds. The van der Waals surface area contributed by atoms with Gasteiger partial charge in [-0.05, 0) is 25.2 Å². The first-order chi connectivity index (χ1) is 9.99. The van der Waals surface area contributed by atoms with Gasteiger partial charge in [-0.3, -0.25) is 9.59 Å². The zero-order valence-corrected chi connectivity index (χ0v) is 13.1. The summed E-state index contributed by atoms with van der Waals surface area (Å²) < 4.78 is 5.43. The molecule has 0 saturated carbocycles. The fourth-order valence-corrected chi connectivity index (χ4v) is 2.97. The van der Waals surface area contributed by atoms with Gasteiger partial charge in [0, 0.05) is 32.8 Å². The van der Waals surface area contributed by atoms with E-state index in [1.807, 2.05) is 4.90 Å². The zero-order chi connectivity index (χ0) is 15.4. The molecule has 2 atom stereocenters. The van der Waals surface area contributed by atoms with E-state index in [0.717, 1.165) is 12.8 Å². The maximum atomic E-state index is 12.2.